The zero-order valence-electron chi connectivity index (χ0n) is 11.1. The van der Waals surface area contributed by atoms with Gasteiger partial charge in [0.1, 0.15) is 12.4 Å². The molecule has 0 unspecified atom stereocenters. The minimum Gasteiger partial charge on any atom is -0.485 e. The van der Waals surface area contributed by atoms with E-state index < -0.39 is 0 Å². The molecule has 1 aromatic carbocycles. The number of nitrogens with one attached hydrogen (secondary N) is 1. The Kier molecular flexibility index (Phi) is 3.52. The van der Waals surface area contributed by atoms with Crippen molar-refractivity contribution in [1.29, 1.82) is 0 Å². The Bertz CT molecular complexity index is 628. The second-order valence-electron chi connectivity index (χ2n) is 4.45. The van der Waals surface area contributed by atoms with Crippen molar-refractivity contribution in [3.05, 3.63) is 39.4 Å². The first-order valence-corrected chi connectivity index (χ1v) is 6.21. The van der Waals surface area contributed by atoms with Crippen LogP contribution in [0.1, 0.15) is 22.5 Å². The highest BCUT2D eigenvalue weighted by Crippen LogP contribution is 2.26. The lowest BCUT2D eigenvalue weighted by atomic mass is 10.1. The number of hydrogen-bond donors (Lipinski definition) is 1. The van der Waals surface area contributed by atoms with Crippen molar-refractivity contribution in [2.24, 2.45) is 7.05 Å². The zero-order chi connectivity index (χ0) is 13.3. The summed E-state index contributed by atoms with van der Waals surface area (Å²) >= 11 is 5.07. The van der Waals surface area contributed by atoms with Gasteiger partial charge in [-0.2, -0.15) is 5.10 Å². The molecule has 1 N–H and O–H groups in total. The van der Waals surface area contributed by atoms with Crippen LogP contribution in [0, 0.1) is 25.5 Å². The number of aromatic nitrogens is 3. The number of hydrogen-bond acceptors (Lipinski definition) is 3. The molecular formula is C13H17N3OS. The van der Waals surface area contributed by atoms with Gasteiger partial charge in [0.05, 0.1) is 0 Å². The quantitative estimate of drug-likeness (QED) is 0.866. The summed E-state index contributed by atoms with van der Waals surface area (Å²) in [5.41, 5.74) is 3.53. The maximum absolute atomic E-state index is 5.88. The molecule has 0 fully saturated rings. The smallest absolute Gasteiger partial charge is 0.194 e. The third kappa shape index (κ3) is 2.31. The van der Waals surface area contributed by atoms with Crippen LogP contribution in [0.5, 0.6) is 5.75 Å². The molecule has 0 saturated heterocycles. The molecule has 1 heterocycles. The van der Waals surface area contributed by atoms with Gasteiger partial charge in [-0.15, -0.1) is 0 Å². The van der Waals surface area contributed by atoms with E-state index in [1.807, 2.05) is 18.5 Å². The molecule has 0 bridgehead atoms. The van der Waals surface area contributed by atoms with Gasteiger partial charge in [-0.1, -0.05) is 12.1 Å². The number of aryl methyl sites for hydroxylation is 2. The summed E-state index contributed by atoms with van der Waals surface area (Å²) in [5.74, 6) is 1.73. The van der Waals surface area contributed by atoms with E-state index in [1.54, 1.807) is 0 Å². The summed E-state index contributed by atoms with van der Waals surface area (Å²) in [7, 11) is 1.88. The van der Waals surface area contributed by atoms with Crippen molar-refractivity contribution in [3.63, 3.8) is 0 Å². The predicted octanol–water partition coefficient (Wildman–Crippen LogP) is 2.98. The van der Waals surface area contributed by atoms with Crippen LogP contribution in [-0.2, 0) is 13.7 Å². The first-order valence-electron chi connectivity index (χ1n) is 5.80. The Morgan fingerprint density at radius 3 is 2.56 bits per heavy atom. The summed E-state index contributed by atoms with van der Waals surface area (Å²) < 4.78 is 8.30. The number of ether oxygens (including phenoxy) is 1. The van der Waals surface area contributed by atoms with Gasteiger partial charge < -0.3 is 9.30 Å². The van der Waals surface area contributed by atoms with E-state index in [1.165, 1.54) is 11.1 Å². The van der Waals surface area contributed by atoms with E-state index >= 15 is 0 Å². The molecule has 18 heavy (non-hydrogen) atoms. The van der Waals surface area contributed by atoms with E-state index in [4.69, 9.17) is 17.0 Å². The fourth-order valence-electron chi connectivity index (χ4n) is 1.79. The Balaban J connectivity index is 2.23. The number of rotatable bonds is 3. The topological polar surface area (TPSA) is 42.8 Å². The van der Waals surface area contributed by atoms with Gasteiger partial charge in [-0.05, 0) is 49.7 Å². The number of H-pyrrole nitrogens is 1. The van der Waals surface area contributed by atoms with E-state index in [0.29, 0.717) is 11.4 Å². The molecule has 96 valence electrons. The summed E-state index contributed by atoms with van der Waals surface area (Å²) in [4.78, 5) is 0. The minimum absolute atomic E-state index is 0.411. The molecule has 0 atom stereocenters. The molecule has 0 radical (unpaired) electrons. The minimum atomic E-state index is 0.411. The highest BCUT2D eigenvalue weighted by Gasteiger charge is 2.08. The molecule has 4 nitrogen and oxygen atoms in total. The lowest BCUT2D eigenvalue weighted by Gasteiger charge is -2.13. The standard InChI is InChI=1S/C13H17N3OS/c1-8-5-6-9(2)12(10(8)3)17-7-11-14-15-13(18)16(11)4/h5-6H,7H2,1-4H3,(H,15,18). The average Bonchev–Trinajstić information content (AvgIpc) is 2.66. The molecule has 0 spiro atoms. The number of aromatic amines is 1. The van der Waals surface area contributed by atoms with Crippen LogP contribution >= 0.6 is 12.2 Å². The Morgan fingerprint density at radius 2 is 1.94 bits per heavy atom. The van der Waals surface area contributed by atoms with Crippen LogP contribution < -0.4 is 4.74 Å². The molecule has 0 amide bonds. The SMILES string of the molecule is Cc1ccc(C)c(OCc2n[nH]c(=S)n2C)c1C. The fraction of sp³-hybridized carbons (Fsp3) is 0.385. The molecule has 0 aliphatic rings. The summed E-state index contributed by atoms with van der Waals surface area (Å²) in [6, 6.07) is 4.17. The monoisotopic (exact) mass is 263 g/mol. The third-order valence-corrected chi connectivity index (χ3v) is 3.56. The number of nitrogens with zero attached hydrogens (tertiary/aromatic N) is 2. The second kappa shape index (κ2) is 4.94. The maximum Gasteiger partial charge on any atom is 0.194 e. The molecule has 2 rings (SSSR count). The lowest BCUT2D eigenvalue weighted by molar-refractivity contribution is 0.287. The van der Waals surface area contributed by atoms with Crippen LogP contribution in [0.2, 0.25) is 0 Å². The van der Waals surface area contributed by atoms with E-state index in [0.717, 1.165) is 17.1 Å². The maximum atomic E-state index is 5.88. The van der Waals surface area contributed by atoms with Gasteiger partial charge >= 0.3 is 0 Å². The van der Waals surface area contributed by atoms with Crippen molar-refractivity contribution in [2.75, 3.05) is 0 Å². The van der Waals surface area contributed by atoms with Crippen molar-refractivity contribution >= 4 is 12.2 Å². The van der Waals surface area contributed by atoms with Crippen molar-refractivity contribution < 1.29 is 4.74 Å². The van der Waals surface area contributed by atoms with Gasteiger partial charge in [0.25, 0.3) is 0 Å². The van der Waals surface area contributed by atoms with Crippen molar-refractivity contribution in [2.45, 2.75) is 27.4 Å². The van der Waals surface area contributed by atoms with Crippen LogP contribution in [0.25, 0.3) is 0 Å². The number of benzene rings is 1. The summed E-state index contributed by atoms with van der Waals surface area (Å²) in [5, 5.41) is 6.88. The van der Waals surface area contributed by atoms with Gasteiger partial charge in [0.15, 0.2) is 10.6 Å². The van der Waals surface area contributed by atoms with Crippen LogP contribution in [-0.4, -0.2) is 14.8 Å². The molecule has 1 aromatic heterocycles. The largest absolute Gasteiger partial charge is 0.485 e. The molecular weight excluding hydrogens is 246 g/mol. The summed E-state index contributed by atoms with van der Waals surface area (Å²) in [6.45, 7) is 6.61. The Hall–Kier alpha value is -1.62. The normalized spacial score (nSPS) is 10.7. The lowest BCUT2D eigenvalue weighted by Crippen LogP contribution is -2.05. The van der Waals surface area contributed by atoms with Crippen LogP contribution in [0.15, 0.2) is 12.1 Å². The molecule has 0 aliphatic heterocycles. The van der Waals surface area contributed by atoms with Gasteiger partial charge in [0, 0.05) is 7.05 Å². The predicted molar refractivity (Wildman–Crippen MR) is 73.4 cm³/mol. The van der Waals surface area contributed by atoms with Gasteiger partial charge in [-0.3, -0.25) is 5.10 Å². The van der Waals surface area contributed by atoms with Crippen molar-refractivity contribution in [1.82, 2.24) is 14.8 Å². The Labute approximate surface area is 112 Å². The zero-order valence-corrected chi connectivity index (χ0v) is 11.9. The molecule has 0 aliphatic carbocycles. The third-order valence-electron chi connectivity index (χ3n) is 3.19. The second-order valence-corrected chi connectivity index (χ2v) is 4.83. The van der Waals surface area contributed by atoms with Crippen LogP contribution in [0.3, 0.4) is 0 Å². The first-order chi connectivity index (χ1) is 8.50. The Morgan fingerprint density at radius 1 is 1.28 bits per heavy atom. The molecule has 5 heteroatoms. The van der Waals surface area contributed by atoms with E-state index in [2.05, 4.69) is 36.2 Å². The van der Waals surface area contributed by atoms with E-state index in [-0.39, 0.29) is 0 Å². The summed E-state index contributed by atoms with van der Waals surface area (Å²) in [6.07, 6.45) is 0. The molecule has 2 aromatic rings. The fourth-order valence-corrected chi connectivity index (χ4v) is 1.94. The highest BCUT2D eigenvalue weighted by molar-refractivity contribution is 7.71. The van der Waals surface area contributed by atoms with E-state index in [9.17, 15) is 0 Å². The highest BCUT2D eigenvalue weighted by atomic mass is 32.1. The molecule has 0 saturated carbocycles. The average molecular weight is 263 g/mol. The first kappa shape index (κ1) is 12.8. The van der Waals surface area contributed by atoms with Gasteiger partial charge in [-0.25, -0.2) is 0 Å². The van der Waals surface area contributed by atoms with Crippen LogP contribution in [0.4, 0.5) is 0 Å². The van der Waals surface area contributed by atoms with Crippen molar-refractivity contribution in [3.8, 4) is 5.75 Å². The van der Waals surface area contributed by atoms with Gasteiger partial charge in [0.2, 0.25) is 0 Å².